The summed E-state index contributed by atoms with van der Waals surface area (Å²) in [7, 11) is 0. The van der Waals surface area contributed by atoms with Gasteiger partial charge in [-0.3, -0.25) is 4.79 Å². The number of benzene rings is 2. The lowest BCUT2D eigenvalue weighted by atomic mass is 10.1. The first-order chi connectivity index (χ1) is 9.97. The molecule has 0 unspecified atom stereocenters. The number of hydrogen-bond donors (Lipinski definition) is 4. The van der Waals surface area contributed by atoms with E-state index in [0.29, 0.717) is 11.4 Å². The number of nitrogens with two attached hydrogens (primary N) is 1. The number of phenolic OH excluding ortho intramolecular Hbond substituents is 2. The third-order valence-electron chi connectivity index (χ3n) is 2.86. The highest BCUT2D eigenvalue weighted by molar-refractivity contribution is 6.02. The second-order valence-corrected chi connectivity index (χ2v) is 4.47. The highest BCUT2D eigenvalue weighted by Gasteiger charge is 2.11. The summed E-state index contributed by atoms with van der Waals surface area (Å²) in [4.78, 5) is 11.9. The van der Waals surface area contributed by atoms with Gasteiger partial charge in [0.15, 0.2) is 0 Å². The minimum absolute atomic E-state index is 0.0249. The SMILES string of the molecule is C/C(=N\NC(=O)c1ccc(O)cc1O)c1cccc(N)c1. The number of carbonyl (C=O) groups is 1. The molecule has 0 spiro atoms. The van der Waals surface area contributed by atoms with E-state index in [1.807, 2.05) is 6.07 Å². The Hall–Kier alpha value is -3.02. The van der Waals surface area contributed by atoms with Crippen LogP contribution in [-0.2, 0) is 0 Å². The number of carbonyl (C=O) groups excluding carboxylic acids is 1. The molecule has 1 amide bonds. The van der Waals surface area contributed by atoms with E-state index in [9.17, 15) is 15.0 Å². The maximum absolute atomic E-state index is 11.9. The molecule has 0 aliphatic carbocycles. The molecule has 2 aromatic rings. The van der Waals surface area contributed by atoms with E-state index in [4.69, 9.17) is 5.73 Å². The Labute approximate surface area is 121 Å². The molecule has 0 heterocycles. The number of rotatable bonds is 3. The monoisotopic (exact) mass is 285 g/mol. The zero-order chi connectivity index (χ0) is 15.4. The van der Waals surface area contributed by atoms with Crippen LogP contribution in [0.5, 0.6) is 11.5 Å². The van der Waals surface area contributed by atoms with Crippen molar-refractivity contribution < 1.29 is 15.0 Å². The topological polar surface area (TPSA) is 108 Å². The molecule has 6 heteroatoms. The summed E-state index contributed by atoms with van der Waals surface area (Å²) in [6.07, 6.45) is 0. The lowest BCUT2D eigenvalue weighted by Crippen LogP contribution is -2.19. The van der Waals surface area contributed by atoms with Crippen LogP contribution in [0.4, 0.5) is 5.69 Å². The number of hydrazone groups is 1. The molecule has 2 aromatic carbocycles. The van der Waals surface area contributed by atoms with Gasteiger partial charge in [-0.25, -0.2) is 5.43 Å². The zero-order valence-electron chi connectivity index (χ0n) is 11.4. The van der Waals surface area contributed by atoms with Gasteiger partial charge in [0.25, 0.3) is 5.91 Å². The Morgan fingerprint density at radius 2 is 1.95 bits per heavy atom. The van der Waals surface area contributed by atoms with Gasteiger partial charge >= 0.3 is 0 Å². The van der Waals surface area contributed by atoms with Crippen molar-refractivity contribution in [3.63, 3.8) is 0 Å². The first-order valence-corrected chi connectivity index (χ1v) is 6.20. The lowest BCUT2D eigenvalue weighted by molar-refractivity contribution is 0.0952. The van der Waals surface area contributed by atoms with Crippen LogP contribution in [0.3, 0.4) is 0 Å². The van der Waals surface area contributed by atoms with E-state index in [0.717, 1.165) is 11.6 Å². The minimum Gasteiger partial charge on any atom is -0.508 e. The second-order valence-electron chi connectivity index (χ2n) is 4.47. The van der Waals surface area contributed by atoms with Crippen LogP contribution in [0.15, 0.2) is 47.6 Å². The summed E-state index contributed by atoms with van der Waals surface area (Å²) in [5.41, 5.74) is 10.0. The van der Waals surface area contributed by atoms with Gasteiger partial charge in [-0.05, 0) is 36.8 Å². The van der Waals surface area contributed by atoms with E-state index < -0.39 is 5.91 Å². The van der Waals surface area contributed by atoms with Crippen LogP contribution in [-0.4, -0.2) is 21.8 Å². The smallest absolute Gasteiger partial charge is 0.275 e. The third kappa shape index (κ3) is 3.50. The molecular weight excluding hydrogens is 270 g/mol. The van der Waals surface area contributed by atoms with Gasteiger partial charge in [0.1, 0.15) is 11.5 Å². The molecule has 0 atom stereocenters. The Morgan fingerprint density at radius 3 is 2.62 bits per heavy atom. The molecule has 6 nitrogen and oxygen atoms in total. The van der Waals surface area contributed by atoms with Crippen LogP contribution in [0.1, 0.15) is 22.8 Å². The fourth-order valence-electron chi connectivity index (χ4n) is 1.74. The Bertz CT molecular complexity index is 711. The standard InChI is InChI=1S/C15H15N3O3/c1-9(10-3-2-4-11(16)7-10)17-18-15(21)13-6-5-12(19)8-14(13)20/h2-8,19-20H,16H2,1H3,(H,18,21)/b17-9+. The molecule has 108 valence electrons. The summed E-state index contributed by atoms with van der Waals surface area (Å²) >= 11 is 0. The molecule has 0 aliphatic heterocycles. The van der Waals surface area contributed by atoms with Crippen molar-refractivity contribution in [1.82, 2.24) is 5.43 Å². The van der Waals surface area contributed by atoms with Gasteiger partial charge < -0.3 is 15.9 Å². The molecule has 5 N–H and O–H groups in total. The number of anilines is 1. The fourth-order valence-corrected chi connectivity index (χ4v) is 1.74. The molecule has 0 aliphatic rings. The van der Waals surface area contributed by atoms with E-state index in [-0.39, 0.29) is 17.1 Å². The lowest BCUT2D eigenvalue weighted by Gasteiger charge is -2.05. The van der Waals surface area contributed by atoms with Gasteiger partial charge in [-0.2, -0.15) is 5.10 Å². The highest BCUT2D eigenvalue weighted by Crippen LogP contribution is 2.22. The van der Waals surface area contributed by atoms with Crippen LogP contribution >= 0.6 is 0 Å². The summed E-state index contributed by atoms with van der Waals surface area (Å²) < 4.78 is 0. The molecule has 0 radical (unpaired) electrons. The van der Waals surface area contributed by atoms with Crippen molar-refractivity contribution in [1.29, 1.82) is 0 Å². The number of nitrogens with one attached hydrogen (secondary N) is 1. The highest BCUT2D eigenvalue weighted by atomic mass is 16.3. The van der Waals surface area contributed by atoms with Gasteiger partial charge in [0, 0.05) is 11.8 Å². The quantitative estimate of drug-likeness (QED) is 0.392. The molecule has 21 heavy (non-hydrogen) atoms. The van der Waals surface area contributed by atoms with Gasteiger partial charge in [0.05, 0.1) is 11.3 Å². The number of aromatic hydroxyl groups is 2. The fraction of sp³-hybridized carbons (Fsp3) is 0.0667. The normalized spacial score (nSPS) is 11.2. The predicted octanol–water partition coefficient (Wildman–Crippen LogP) is 1.83. The van der Waals surface area contributed by atoms with Gasteiger partial charge in [-0.15, -0.1) is 0 Å². The maximum Gasteiger partial charge on any atom is 0.275 e. The second kappa shape index (κ2) is 5.96. The molecule has 0 saturated carbocycles. The number of hydrogen-bond acceptors (Lipinski definition) is 5. The predicted molar refractivity (Wildman–Crippen MR) is 80.3 cm³/mol. The van der Waals surface area contributed by atoms with E-state index in [2.05, 4.69) is 10.5 Å². The van der Waals surface area contributed by atoms with Crippen LogP contribution in [0.25, 0.3) is 0 Å². The Morgan fingerprint density at radius 1 is 1.19 bits per heavy atom. The maximum atomic E-state index is 11.9. The molecular formula is C15H15N3O3. The average molecular weight is 285 g/mol. The van der Waals surface area contributed by atoms with Crippen LogP contribution in [0, 0.1) is 0 Å². The number of nitrogens with zero attached hydrogens (tertiary/aromatic N) is 1. The van der Waals surface area contributed by atoms with Crippen LogP contribution in [0.2, 0.25) is 0 Å². The first kappa shape index (κ1) is 14.4. The summed E-state index contributed by atoms with van der Waals surface area (Å²) in [6.45, 7) is 1.73. The molecule has 2 rings (SSSR count). The summed E-state index contributed by atoms with van der Waals surface area (Å²) in [5, 5.41) is 22.7. The first-order valence-electron chi connectivity index (χ1n) is 6.20. The Balaban J connectivity index is 2.14. The molecule has 0 aromatic heterocycles. The van der Waals surface area contributed by atoms with Crippen molar-refractivity contribution >= 4 is 17.3 Å². The molecule has 0 fully saturated rings. The average Bonchev–Trinajstić information content (AvgIpc) is 2.44. The van der Waals surface area contributed by atoms with E-state index >= 15 is 0 Å². The Kier molecular flexibility index (Phi) is 4.08. The van der Waals surface area contributed by atoms with E-state index in [1.54, 1.807) is 25.1 Å². The van der Waals surface area contributed by atoms with Gasteiger partial charge in [0.2, 0.25) is 0 Å². The van der Waals surface area contributed by atoms with Crippen molar-refractivity contribution in [2.24, 2.45) is 5.10 Å². The van der Waals surface area contributed by atoms with Crippen molar-refractivity contribution in [2.75, 3.05) is 5.73 Å². The number of amides is 1. The molecule has 0 saturated heterocycles. The number of nitrogen functional groups attached to an aromatic ring is 1. The zero-order valence-corrected chi connectivity index (χ0v) is 11.4. The molecule has 0 bridgehead atoms. The summed E-state index contributed by atoms with van der Waals surface area (Å²) in [6, 6.07) is 10.8. The summed E-state index contributed by atoms with van der Waals surface area (Å²) in [5.74, 6) is -1.01. The van der Waals surface area contributed by atoms with Crippen molar-refractivity contribution in [3.8, 4) is 11.5 Å². The third-order valence-corrected chi connectivity index (χ3v) is 2.86. The van der Waals surface area contributed by atoms with E-state index in [1.165, 1.54) is 12.1 Å². The minimum atomic E-state index is -0.573. The van der Waals surface area contributed by atoms with Crippen LogP contribution < -0.4 is 11.2 Å². The largest absolute Gasteiger partial charge is 0.508 e. The number of phenols is 2. The van der Waals surface area contributed by atoms with Crippen molar-refractivity contribution in [2.45, 2.75) is 6.92 Å². The van der Waals surface area contributed by atoms with Gasteiger partial charge in [-0.1, -0.05) is 12.1 Å². The van der Waals surface area contributed by atoms with Crippen molar-refractivity contribution in [3.05, 3.63) is 53.6 Å².